The van der Waals surface area contributed by atoms with Gasteiger partial charge in [0.15, 0.2) is 0 Å². The summed E-state index contributed by atoms with van der Waals surface area (Å²) in [6.07, 6.45) is 18.1. The number of rotatable bonds is 0. The van der Waals surface area contributed by atoms with Gasteiger partial charge in [0.25, 0.3) is 0 Å². The van der Waals surface area contributed by atoms with Crippen molar-refractivity contribution in [1.82, 2.24) is 9.80 Å². The summed E-state index contributed by atoms with van der Waals surface area (Å²) in [7, 11) is 0. The number of hydrogen-bond acceptors (Lipinski definition) is 3. The Balaban J connectivity index is 1.48. The molecular formula is C26H32N2O3. The van der Waals surface area contributed by atoms with Gasteiger partial charge in [0.2, 0.25) is 11.8 Å². The number of hydrogen-bond donors (Lipinski definition) is 0. The van der Waals surface area contributed by atoms with Crippen molar-refractivity contribution in [2.45, 2.75) is 82.2 Å². The standard InChI is InChI=1S/C26H32N2O3/c29-22-12-8-5-6-10-18-16-26-17-27-13-9-4-2-1-3-7-11-19-14-20(21(26)15-23(27)30)24(31-19)25(26)28(18)22/h1,3,6,10,14,18,21,25H,2,4-5,7-9,11-13,15-17H2/b3-1-,10-6-/t18-,21-,25-,26-/m0/s1. The summed E-state index contributed by atoms with van der Waals surface area (Å²) in [6, 6.07) is 2.31. The maximum Gasteiger partial charge on any atom is 0.223 e. The number of carbonyl (C=O) groups excluding carboxylic acids is 2. The van der Waals surface area contributed by atoms with Crippen molar-refractivity contribution in [2.24, 2.45) is 5.41 Å². The molecule has 2 saturated heterocycles. The van der Waals surface area contributed by atoms with Crippen LogP contribution in [0.5, 0.6) is 0 Å². The minimum Gasteiger partial charge on any atom is -0.464 e. The molecule has 2 amide bonds. The first kappa shape index (κ1) is 19.4. The van der Waals surface area contributed by atoms with Crippen LogP contribution < -0.4 is 0 Å². The van der Waals surface area contributed by atoms with Crippen LogP contribution in [0.4, 0.5) is 0 Å². The molecule has 1 aliphatic carbocycles. The lowest BCUT2D eigenvalue weighted by Gasteiger charge is -2.45. The number of amides is 2. The van der Waals surface area contributed by atoms with Crippen LogP contribution in [0, 0.1) is 5.41 Å². The van der Waals surface area contributed by atoms with Gasteiger partial charge in [-0.2, -0.15) is 0 Å². The summed E-state index contributed by atoms with van der Waals surface area (Å²) in [5, 5.41) is 0. The molecular weight excluding hydrogens is 388 g/mol. The predicted octanol–water partition coefficient (Wildman–Crippen LogP) is 4.65. The van der Waals surface area contributed by atoms with Crippen molar-refractivity contribution in [1.29, 1.82) is 0 Å². The van der Waals surface area contributed by atoms with Gasteiger partial charge in [-0.25, -0.2) is 0 Å². The molecule has 0 aromatic carbocycles. The van der Waals surface area contributed by atoms with E-state index in [1.807, 2.05) is 0 Å². The maximum atomic E-state index is 13.3. The number of furan rings is 1. The zero-order valence-electron chi connectivity index (χ0n) is 18.2. The van der Waals surface area contributed by atoms with Crippen molar-refractivity contribution in [3.05, 3.63) is 47.5 Å². The molecule has 1 aromatic rings. The lowest BCUT2D eigenvalue weighted by molar-refractivity contribution is -0.141. The third-order valence-corrected chi connectivity index (χ3v) is 8.33. The lowest BCUT2D eigenvalue weighted by atomic mass is 9.68. The molecule has 5 nitrogen and oxygen atoms in total. The quantitative estimate of drug-likeness (QED) is 0.574. The van der Waals surface area contributed by atoms with Gasteiger partial charge in [-0.3, -0.25) is 9.59 Å². The number of aryl methyl sites for hydroxylation is 1. The second-order valence-electron chi connectivity index (χ2n) is 10.1. The molecule has 164 valence electrons. The molecule has 7 heterocycles. The van der Waals surface area contributed by atoms with Crippen LogP contribution in [0.3, 0.4) is 0 Å². The van der Waals surface area contributed by atoms with E-state index in [4.69, 9.17) is 4.42 Å². The summed E-state index contributed by atoms with van der Waals surface area (Å²) in [4.78, 5) is 30.7. The van der Waals surface area contributed by atoms with Gasteiger partial charge in [-0.15, -0.1) is 0 Å². The molecule has 31 heavy (non-hydrogen) atoms. The molecule has 0 radical (unpaired) electrons. The van der Waals surface area contributed by atoms with Gasteiger partial charge in [0.05, 0.1) is 12.1 Å². The molecule has 8 rings (SSSR count). The van der Waals surface area contributed by atoms with E-state index in [0.717, 1.165) is 76.0 Å². The van der Waals surface area contributed by atoms with E-state index in [-0.39, 0.29) is 35.2 Å². The molecule has 6 aliphatic heterocycles. The summed E-state index contributed by atoms with van der Waals surface area (Å²) in [5.41, 5.74) is 1.11. The number of fused-ring (bicyclic) bond motifs is 2. The highest BCUT2D eigenvalue weighted by Crippen LogP contribution is 2.67. The largest absolute Gasteiger partial charge is 0.464 e. The summed E-state index contributed by atoms with van der Waals surface area (Å²) in [6.45, 7) is 1.58. The number of allylic oxidation sites excluding steroid dienone is 3. The summed E-state index contributed by atoms with van der Waals surface area (Å²) < 4.78 is 6.51. The van der Waals surface area contributed by atoms with Gasteiger partial charge in [0.1, 0.15) is 11.5 Å². The Kier molecular flexibility index (Phi) is 4.62. The average Bonchev–Trinajstić information content (AvgIpc) is 3.34. The van der Waals surface area contributed by atoms with Crippen LogP contribution in [0.2, 0.25) is 0 Å². The Morgan fingerprint density at radius 2 is 1.84 bits per heavy atom. The van der Waals surface area contributed by atoms with Crippen LogP contribution >= 0.6 is 0 Å². The van der Waals surface area contributed by atoms with Crippen molar-refractivity contribution in [2.75, 3.05) is 13.1 Å². The highest BCUT2D eigenvalue weighted by atomic mass is 16.3. The predicted molar refractivity (Wildman–Crippen MR) is 117 cm³/mol. The first-order valence-electron chi connectivity index (χ1n) is 12.2. The van der Waals surface area contributed by atoms with E-state index in [1.54, 1.807) is 0 Å². The van der Waals surface area contributed by atoms with Gasteiger partial charge in [0, 0.05) is 49.2 Å². The molecule has 5 heteroatoms. The minimum absolute atomic E-state index is 0.0298. The molecule has 2 fully saturated rings. The Bertz CT molecular complexity index is 960. The van der Waals surface area contributed by atoms with Crippen molar-refractivity contribution in [3.8, 4) is 0 Å². The Labute approximate surface area is 184 Å². The van der Waals surface area contributed by atoms with Crippen LogP contribution in [-0.2, 0) is 16.0 Å². The van der Waals surface area contributed by atoms with Crippen LogP contribution in [0.25, 0.3) is 0 Å². The molecule has 1 spiro atoms. The van der Waals surface area contributed by atoms with Gasteiger partial charge >= 0.3 is 0 Å². The van der Waals surface area contributed by atoms with Crippen molar-refractivity contribution < 1.29 is 14.0 Å². The molecule has 4 atom stereocenters. The SMILES string of the molecule is O=C1C[C@H]2c3cc4oc3[C@@H]3N5C(=O)CCC/C=C\[C@H]5C[C@@]32CN1CCCC/C=C\CC4. The Morgan fingerprint density at radius 3 is 2.77 bits per heavy atom. The first-order chi connectivity index (χ1) is 15.2. The van der Waals surface area contributed by atoms with Gasteiger partial charge in [-0.05, 0) is 51.0 Å². The maximum absolute atomic E-state index is 13.3. The average molecular weight is 421 g/mol. The Morgan fingerprint density at radius 1 is 0.968 bits per heavy atom. The zero-order chi connectivity index (χ0) is 21.0. The minimum atomic E-state index is -0.103. The third-order valence-electron chi connectivity index (χ3n) is 8.33. The summed E-state index contributed by atoms with van der Waals surface area (Å²) in [5.74, 6) is 2.69. The smallest absolute Gasteiger partial charge is 0.223 e. The van der Waals surface area contributed by atoms with E-state index in [0.29, 0.717) is 12.8 Å². The van der Waals surface area contributed by atoms with E-state index >= 15 is 0 Å². The van der Waals surface area contributed by atoms with Crippen molar-refractivity contribution in [3.63, 3.8) is 0 Å². The third kappa shape index (κ3) is 2.95. The van der Waals surface area contributed by atoms with Crippen LogP contribution in [-0.4, -0.2) is 40.7 Å². The normalized spacial score (nSPS) is 37.1. The first-order valence-corrected chi connectivity index (χ1v) is 12.2. The fourth-order valence-corrected chi connectivity index (χ4v) is 6.98. The van der Waals surface area contributed by atoms with Gasteiger partial charge in [-0.1, -0.05) is 24.3 Å². The molecule has 6 bridgehead atoms. The van der Waals surface area contributed by atoms with Gasteiger partial charge < -0.3 is 14.2 Å². The highest BCUT2D eigenvalue weighted by molar-refractivity contribution is 5.81. The van der Waals surface area contributed by atoms with E-state index in [2.05, 4.69) is 40.2 Å². The molecule has 0 unspecified atom stereocenters. The Hall–Kier alpha value is -2.30. The number of carbonyl (C=O) groups is 2. The molecule has 1 aromatic heterocycles. The molecule has 0 saturated carbocycles. The fraction of sp³-hybridized carbons (Fsp3) is 0.615. The van der Waals surface area contributed by atoms with E-state index < -0.39 is 0 Å². The van der Waals surface area contributed by atoms with E-state index in [1.165, 1.54) is 5.56 Å². The number of piperidine rings is 1. The van der Waals surface area contributed by atoms with Crippen molar-refractivity contribution >= 4 is 11.8 Å². The second kappa shape index (κ2) is 7.39. The van der Waals surface area contributed by atoms with E-state index in [9.17, 15) is 9.59 Å². The summed E-state index contributed by atoms with van der Waals surface area (Å²) >= 11 is 0. The highest BCUT2D eigenvalue weighted by Gasteiger charge is 2.66. The fourth-order valence-electron chi connectivity index (χ4n) is 6.98. The van der Waals surface area contributed by atoms with Crippen LogP contribution in [0.15, 0.2) is 34.8 Å². The monoisotopic (exact) mass is 420 g/mol. The topological polar surface area (TPSA) is 53.8 Å². The zero-order valence-corrected chi connectivity index (χ0v) is 18.2. The van der Waals surface area contributed by atoms with Crippen LogP contribution in [0.1, 0.15) is 86.8 Å². The number of nitrogens with zero attached hydrogens (tertiary/aromatic N) is 2. The molecule has 7 aliphatic rings. The second-order valence-corrected chi connectivity index (χ2v) is 10.1. The lowest BCUT2D eigenvalue weighted by Crippen LogP contribution is -2.50. The molecule has 0 N–H and O–H groups in total.